The molecule has 0 aliphatic carbocycles. The van der Waals surface area contributed by atoms with Crippen molar-refractivity contribution < 1.29 is 9.59 Å². The molecule has 0 saturated heterocycles. The van der Waals surface area contributed by atoms with Crippen molar-refractivity contribution in [2.24, 2.45) is 5.92 Å². The molecule has 1 unspecified atom stereocenters. The van der Waals surface area contributed by atoms with Gasteiger partial charge in [0.1, 0.15) is 12.1 Å². The second-order valence-corrected chi connectivity index (χ2v) is 1.88. The van der Waals surface area contributed by atoms with Gasteiger partial charge in [-0.15, -0.1) is 6.58 Å². The Hall–Kier alpha value is -0.920. The summed E-state index contributed by atoms with van der Waals surface area (Å²) in [5.41, 5.74) is 0. The maximum Gasteiger partial charge on any atom is 0.146 e. The molecule has 0 heterocycles. The summed E-state index contributed by atoms with van der Waals surface area (Å²) in [6, 6.07) is 0. The van der Waals surface area contributed by atoms with Crippen LogP contribution in [-0.2, 0) is 9.59 Å². The van der Waals surface area contributed by atoms with E-state index in [-0.39, 0.29) is 5.78 Å². The summed E-state index contributed by atoms with van der Waals surface area (Å²) in [6.07, 6.45) is 2.44. The Labute approximate surface area is 54.6 Å². The van der Waals surface area contributed by atoms with E-state index in [9.17, 15) is 9.59 Å². The minimum Gasteiger partial charge on any atom is -0.303 e. The van der Waals surface area contributed by atoms with Gasteiger partial charge in [0.2, 0.25) is 0 Å². The SMILES string of the molecule is C=CCC(=O)C(C)C=O. The van der Waals surface area contributed by atoms with Crippen LogP contribution in [0.2, 0.25) is 0 Å². The van der Waals surface area contributed by atoms with Crippen LogP contribution >= 0.6 is 0 Å². The monoisotopic (exact) mass is 126 g/mol. The molecule has 2 heteroatoms. The molecule has 0 aromatic carbocycles. The van der Waals surface area contributed by atoms with Crippen LogP contribution in [0.15, 0.2) is 12.7 Å². The highest BCUT2D eigenvalue weighted by Crippen LogP contribution is 1.95. The molecule has 2 nitrogen and oxygen atoms in total. The minimum atomic E-state index is -0.469. The number of hydrogen-bond donors (Lipinski definition) is 0. The van der Waals surface area contributed by atoms with Gasteiger partial charge in [-0.2, -0.15) is 0 Å². The average molecular weight is 126 g/mol. The van der Waals surface area contributed by atoms with Crippen molar-refractivity contribution in [2.75, 3.05) is 0 Å². The first-order valence-electron chi connectivity index (χ1n) is 2.81. The van der Waals surface area contributed by atoms with Gasteiger partial charge in [0.05, 0.1) is 5.92 Å². The lowest BCUT2D eigenvalue weighted by atomic mass is 10.1. The van der Waals surface area contributed by atoms with Gasteiger partial charge in [0.15, 0.2) is 0 Å². The van der Waals surface area contributed by atoms with Crippen molar-refractivity contribution in [3.63, 3.8) is 0 Å². The van der Waals surface area contributed by atoms with Crippen molar-refractivity contribution in [2.45, 2.75) is 13.3 Å². The lowest BCUT2D eigenvalue weighted by Gasteiger charge is -1.95. The van der Waals surface area contributed by atoms with Crippen LogP contribution in [0, 0.1) is 5.92 Å². The van der Waals surface area contributed by atoms with E-state index in [0.29, 0.717) is 12.7 Å². The maximum absolute atomic E-state index is 10.7. The highest BCUT2D eigenvalue weighted by Gasteiger charge is 2.07. The molecule has 0 radical (unpaired) electrons. The molecule has 1 atom stereocenters. The molecular weight excluding hydrogens is 116 g/mol. The number of Topliss-reactive ketones (excluding diaryl/α,β-unsaturated/α-hetero) is 1. The molecule has 0 fully saturated rings. The summed E-state index contributed by atoms with van der Waals surface area (Å²) < 4.78 is 0. The lowest BCUT2D eigenvalue weighted by molar-refractivity contribution is -0.126. The van der Waals surface area contributed by atoms with Crippen LogP contribution in [0.5, 0.6) is 0 Å². The van der Waals surface area contributed by atoms with Crippen LogP contribution < -0.4 is 0 Å². The van der Waals surface area contributed by atoms with E-state index < -0.39 is 5.92 Å². The Morgan fingerprint density at radius 1 is 1.78 bits per heavy atom. The Bertz CT molecular complexity index is 127. The van der Waals surface area contributed by atoms with Gasteiger partial charge in [-0.25, -0.2) is 0 Å². The Balaban J connectivity index is 3.71. The third kappa shape index (κ3) is 2.80. The predicted molar refractivity (Wildman–Crippen MR) is 35.0 cm³/mol. The summed E-state index contributed by atoms with van der Waals surface area (Å²) in [5.74, 6) is -0.539. The predicted octanol–water partition coefficient (Wildman–Crippen LogP) is 0.967. The topological polar surface area (TPSA) is 34.1 Å². The van der Waals surface area contributed by atoms with Gasteiger partial charge in [0, 0.05) is 6.42 Å². The lowest BCUT2D eigenvalue weighted by Crippen LogP contribution is -2.10. The largest absolute Gasteiger partial charge is 0.303 e. The quantitative estimate of drug-likeness (QED) is 0.319. The number of allylic oxidation sites excluding steroid dienone is 1. The zero-order valence-electron chi connectivity index (χ0n) is 5.46. The Kier molecular flexibility index (Phi) is 3.60. The number of carbonyl (C=O) groups is 2. The second-order valence-electron chi connectivity index (χ2n) is 1.88. The fraction of sp³-hybridized carbons (Fsp3) is 0.429. The van der Waals surface area contributed by atoms with Gasteiger partial charge < -0.3 is 4.79 Å². The van der Waals surface area contributed by atoms with Crippen LogP contribution in [-0.4, -0.2) is 12.1 Å². The van der Waals surface area contributed by atoms with E-state index in [1.807, 2.05) is 0 Å². The Morgan fingerprint density at radius 2 is 2.33 bits per heavy atom. The number of aldehydes is 1. The molecule has 0 rings (SSSR count). The van der Waals surface area contributed by atoms with Crippen molar-refractivity contribution in [1.29, 1.82) is 0 Å². The molecular formula is C7H10O2. The number of rotatable bonds is 4. The van der Waals surface area contributed by atoms with Gasteiger partial charge in [0.25, 0.3) is 0 Å². The molecule has 0 aliphatic rings. The van der Waals surface area contributed by atoms with Crippen LogP contribution in [0.25, 0.3) is 0 Å². The van der Waals surface area contributed by atoms with Crippen LogP contribution in [0.4, 0.5) is 0 Å². The molecule has 0 aromatic heterocycles. The van der Waals surface area contributed by atoms with E-state index in [0.717, 1.165) is 0 Å². The zero-order chi connectivity index (χ0) is 7.28. The van der Waals surface area contributed by atoms with Gasteiger partial charge in [-0.1, -0.05) is 6.08 Å². The molecule has 0 aromatic rings. The smallest absolute Gasteiger partial charge is 0.146 e. The summed E-state index contributed by atoms with van der Waals surface area (Å²) in [7, 11) is 0. The van der Waals surface area contributed by atoms with Crippen molar-refractivity contribution in [1.82, 2.24) is 0 Å². The molecule has 0 spiro atoms. The van der Waals surface area contributed by atoms with E-state index in [1.54, 1.807) is 6.92 Å². The molecule has 0 saturated carbocycles. The zero-order valence-corrected chi connectivity index (χ0v) is 5.46. The summed E-state index contributed by atoms with van der Waals surface area (Å²) in [6.45, 7) is 4.96. The number of hydrogen-bond acceptors (Lipinski definition) is 2. The molecule has 0 aliphatic heterocycles. The van der Waals surface area contributed by atoms with Crippen molar-refractivity contribution >= 4 is 12.1 Å². The summed E-state index contributed by atoms with van der Waals surface area (Å²) in [4.78, 5) is 20.6. The third-order valence-electron chi connectivity index (χ3n) is 1.06. The molecule has 0 amide bonds. The first kappa shape index (κ1) is 8.08. The number of ketones is 1. The van der Waals surface area contributed by atoms with E-state index >= 15 is 0 Å². The van der Waals surface area contributed by atoms with E-state index in [4.69, 9.17) is 0 Å². The fourth-order valence-electron chi connectivity index (χ4n) is 0.404. The normalized spacial score (nSPS) is 12.1. The molecule has 50 valence electrons. The standard InChI is InChI=1S/C7H10O2/c1-3-4-7(9)6(2)5-8/h3,5-6H,1,4H2,2H3. The Morgan fingerprint density at radius 3 is 2.67 bits per heavy atom. The van der Waals surface area contributed by atoms with Crippen molar-refractivity contribution in [3.8, 4) is 0 Å². The van der Waals surface area contributed by atoms with Crippen molar-refractivity contribution in [3.05, 3.63) is 12.7 Å². The second kappa shape index (κ2) is 4.01. The highest BCUT2D eigenvalue weighted by atomic mass is 16.1. The van der Waals surface area contributed by atoms with Gasteiger partial charge >= 0.3 is 0 Å². The highest BCUT2D eigenvalue weighted by molar-refractivity contribution is 5.93. The molecule has 0 bridgehead atoms. The molecule has 0 N–H and O–H groups in total. The first-order chi connectivity index (χ1) is 4.22. The van der Waals surface area contributed by atoms with Crippen LogP contribution in [0.3, 0.4) is 0 Å². The summed E-state index contributed by atoms with van der Waals surface area (Å²) in [5, 5.41) is 0. The fourth-order valence-corrected chi connectivity index (χ4v) is 0.404. The minimum absolute atomic E-state index is 0.0694. The number of carbonyl (C=O) groups excluding carboxylic acids is 2. The maximum atomic E-state index is 10.7. The third-order valence-corrected chi connectivity index (χ3v) is 1.06. The summed E-state index contributed by atoms with van der Waals surface area (Å²) >= 11 is 0. The van der Waals surface area contributed by atoms with Gasteiger partial charge in [-0.05, 0) is 6.92 Å². The molecule has 9 heavy (non-hydrogen) atoms. The van der Waals surface area contributed by atoms with E-state index in [2.05, 4.69) is 6.58 Å². The van der Waals surface area contributed by atoms with Crippen LogP contribution in [0.1, 0.15) is 13.3 Å². The van der Waals surface area contributed by atoms with E-state index in [1.165, 1.54) is 6.08 Å². The average Bonchev–Trinajstić information content (AvgIpc) is 1.87. The van der Waals surface area contributed by atoms with Gasteiger partial charge in [-0.3, -0.25) is 4.79 Å². The first-order valence-corrected chi connectivity index (χ1v) is 2.81.